The van der Waals surface area contributed by atoms with Gasteiger partial charge in [0.15, 0.2) is 0 Å². The third kappa shape index (κ3) is 3.91. The Labute approximate surface area is 158 Å². The summed E-state index contributed by atoms with van der Waals surface area (Å²) in [6.45, 7) is 2.55. The fourth-order valence-corrected chi connectivity index (χ4v) is 4.87. The average Bonchev–Trinajstić information content (AvgIpc) is 3.10. The second-order valence-corrected chi connectivity index (χ2v) is 9.51. The number of nitrogens with zero attached hydrogens (tertiary/aromatic N) is 4. The zero-order valence-corrected chi connectivity index (χ0v) is 16.1. The Kier molecular flexibility index (Phi) is 4.79. The normalized spacial score (nSPS) is 27.4. The van der Waals surface area contributed by atoms with E-state index in [0.29, 0.717) is 50.8 Å². The molecule has 0 spiro atoms. The van der Waals surface area contributed by atoms with Crippen LogP contribution in [0.3, 0.4) is 0 Å². The van der Waals surface area contributed by atoms with Crippen molar-refractivity contribution in [3.05, 3.63) is 36.2 Å². The van der Waals surface area contributed by atoms with Crippen molar-refractivity contribution in [2.24, 2.45) is 5.92 Å². The molecule has 3 heterocycles. The van der Waals surface area contributed by atoms with E-state index in [2.05, 4.69) is 15.1 Å². The molecular formula is C18H24N4O4S. The largest absolute Gasteiger partial charge is 0.419 e. The highest BCUT2D eigenvalue weighted by atomic mass is 32.2. The first-order valence-corrected chi connectivity index (χ1v) is 11.0. The molecule has 27 heavy (non-hydrogen) atoms. The van der Waals surface area contributed by atoms with Crippen molar-refractivity contribution in [2.75, 3.05) is 32.4 Å². The maximum absolute atomic E-state index is 11.9. The van der Waals surface area contributed by atoms with E-state index in [4.69, 9.17) is 4.42 Å². The minimum Gasteiger partial charge on any atom is -0.419 e. The highest BCUT2D eigenvalue weighted by Crippen LogP contribution is 2.36. The Morgan fingerprint density at radius 3 is 2.67 bits per heavy atom. The van der Waals surface area contributed by atoms with Gasteiger partial charge in [-0.1, -0.05) is 18.2 Å². The van der Waals surface area contributed by atoms with E-state index in [1.54, 1.807) is 0 Å². The first-order chi connectivity index (χ1) is 12.8. The summed E-state index contributed by atoms with van der Waals surface area (Å²) in [7, 11) is -3.24. The van der Waals surface area contributed by atoms with Crippen LogP contribution in [0.2, 0.25) is 0 Å². The van der Waals surface area contributed by atoms with Gasteiger partial charge in [0.2, 0.25) is 21.8 Å². The van der Waals surface area contributed by atoms with Gasteiger partial charge in [-0.3, -0.25) is 4.90 Å². The molecule has 2 aliphatic rings. The summed E-state index contributed by atoms with van der Waals surface area (Å²) in [6.07, 6.45) is 2.33. The van der Waals surface area contributed by atoms with Crippen LogP contribution in [-0.2, 0) is 16.6 Å². The minimum absolute atomic E-state index is 0.119. The number of aliphatic hydroxyl groups is 1. The maximum atomic E-state index is 11.9. The van der Waals surface area contributed by atoms with Crippen LogP contribution in [0.5, 0.6) is 0 Å². The van der Waals surface area contributed by atoms with E-state index in [1.165, 1.54) is 10.6 Å². The molecule has 1 N–H and O–H groups in total. The summed E-state index contributed by atoms with van der Waals surface area (Å²) in [5.41, 5.74) is 0.0854. The molecule has 0 aliphatic carbocycles. The molecule has 1 aromatic carbocycles. The van der Waals surface area contributed by atoms with Gasteiger partial charge in [0.25, 0.3) is 0 Å². The summed E-state index contributed by atoms with van der Waals surface area (Å²) < 4.78 is 31.0. The lowest BCUT2D eigenvalue weighted by molar-refractivity contribution is -0.103. The fourth-order valence-electron chi connectivity index (χ4n) is 3.99. The molecule has 2 saturated heterocycles. The highest BCUT2D eigenvalue weighted by Gasteiger charge is 2.46. The van der Waals surface area contributed by atoms with E-state index < -0.39 is 15.6 Å². The molecule has 8 nitrogen and oxygen atoms in total. The van der Waals surface area contributed by atoms with E-state index >= 15 is 0 Å². The van der Waals surface area contributed by atoms with Crippen LogP contribution in [-0.4, -0.2) is 71.0 Å². The van der Waals surface area contributed by atoms with Crippen LogP contribution < -0.4 is 0 Å². The van der Waals surface area contributed by atoms with Gasteiger partial charge in [0.05, 0.1) is 18.4 Å². The summed E-state index contributed by atoms with van der Waals surface area (Å²) in [5, 5.41) is 19.2. The molecule has 0 bridgehead atoms. The van der Waals surface area contributed by atoms with Gasteiger partial charge in [0.1, 0.15) is 0 Å². The number of sulfonamides is 1. The third-order valence-corrected chi connectivity index (χ3v) is 6.90. The average molecular weight is 392 g/mol. The topological polar surface area (TPSA) is 99.8 Å². The fraction of sp³-hybridized carbons (Fsp3) is 0.556. The molecule has 2 aromatic rings. The molecule has 0 radical (unpaired) electrons. The molecule has 0 amide bonds. The van der Waals surface area contributed by atoms with Crippen LogP contribution in [0.4, 0.5) is 0 Å². The Bertz CT molecular complexity index is 901. The number of likely N-dealkylation sites (tertiary alicyclic amines) is 1. The summed E-state index contributed by atoms with van der Waals surface area (Å²) >= 11 is 0. The Morgan fingerprint density at radius 1 is 1.19 bits per heavy atom. The zero-order chi connectivity index (χ0) is 19.1. The second-order valence-electron chi connectivity index (χ2n) is 7.52. The van der Waals surface area contributed by atoms with Gasteiger partial charge in [-0.05, 0) is 25.0 Å². The lowest BCUT2D eigenvalue weighted by Crippen LogP contribution is -2.60. The lowest BCUT2D eigenvalue weighted by atomic mass is 9.76. The van der Waals surface area contributed by atoms with E-state index in [0.717, 1.165) is 12.1 Å². The second kappa shape index (κ2) is 6.97. The van der Waals surface area contributed by atoms with Crippen molar-refractivity contribution in [1.29, 1.82) is 0 Å². The number of fused-ring (bicyclic) bond motifs is 1. The number of aromatic nitrogens is 2. The summed E-state index contributed by atoms with van der Waals surface area (Å²) in [6, 6.07) is 9.60. The van der Waals surface area contributed by atoms with Crippen LogP contribution in [0.25, 0.3) is 11.5 Å². The third-order valence-electron chi connectivity index (χ3n) is 5.63. The Hall–Kier alpha value is -1.81. The lowest BCUT2D eigenvalue weighted by Gasteiger charge is -2.49. The van der Waals surface area contributed by atoms with Crippen molar-refractivity contribution in [1.82, 2.24) is 19.4 Å². The maximum Gasteiger partial charge on any atom is 0.247 e. The van der Waals surface area contributed by atoms with Gasteiger partial charge >= 0.3 is 0 Å². The van der Waals surface area contributed by atoms with E-state index in [1.807, 2.05) is 30.3 Å². The van der Waals surface area contributed by atoms with Crippen molar-refractivity contribution < 1.29 is 17.9 Å². The summed E-state index contributed by atoms with van der Waals surface area (Å²) in [5.74, 6) is 0.890. The van der Waals surface area contributed by atoms with Gasteiger partial charge in [0, 0.05) is 37.7 Å². The number of piperidine rings is 2. The molecule has 4 rings (SSSR count). The van der Waals surface area contributed by atoms with Gasteiger partial charge in [-0.2, -0.15) is 0 Å². The SMILES string of the molecule is CS(=O)(=O)N1CCC2(O)CCN(Cc3nnc(-c4ccccc4)o3)CC2C1. The smallest absolute Gasteiger partial charge is 0.247 e. The van der Waals surface area contributed by atoms with Gasteiger partial charge in [-0.15, -0.1) is 10.2 Å². The number of benzene rings is 1. The van der Waals surface area contributed by atoms with E-state index in [9.17, 15) is 13.5 Å². The highest BCUT2D eigenvalue weighted by molar-refractivity contribution is 7.88. The number of rotatable bonds is 4. The molecule has 0 saturated carbocycles. The number of hydrogen-bond acceptors (Lipinski definition) is 7. The van der Waals surface area contributed by atoms with Crippen LogP contribution in [0.1, 0.15) is 18.7 Å². The Balaban J connectivity index is 1.43. The molecule has 9 heteroatoms. The summed E-state index contributed by atoms with van der Waals surface area (Å²) in [4.78, 5) is 2.15. The molecular weight excluding hydrogens is 368 g/mol. The van der Waals surface area contributed by atoms with E-state index in [-0.39, 0.29) is 5.92 Å². The minimum atomic E-state index is -3.24. The van der Waals surface area contributed by atoms with Gasteiger partial charge in [-0.25, -0.2) is 12.7 Å². The molecule has 2 unspecified atom stereocenters. The molecule has 146 valence electrons. The predicted molar refractivity (Wildman–Crippen MR) is 99.1 cm³/mol. The van der Waals surface area contributed by atoms with Gasteiger partial charge < -0.3 is 9.52 Å². The Morgan fingerprint density at radius 2 is 1.93 bits per heavy atom. The quantitative estimate of drug-likeness (QED) is 0.827. The number of hydrogen-bond donors (Lipinski definition) is 1. The van der Waals surface area contributed by atoms with Crippen molar-refractivity contribution in [3.8, 4) is 11.5 Å². The monoisotopic (exact) mass is 392 g/mol. The van der Waals surface area contributed by atoms with Crippen molar-refractivity contribution in [3.63, 3.8) is 0 Å². The first-order valence-electron chi connectivity index (χ1n) is 9.11. The molecule has 2 atom stereocenters. The molecule has 2 aliphatic heterocycles. The van der Waals surface area contributed by atoms with Crippen LogP contribution >= 0.6 is 0 Å². The predicted octanol–water partition coefficient (Wildman–Crippen LogP) is 0.955. The molecule has 2 fully saturated rings. The molecule has 1 aromatic heterocycles. The standard InChI is InChI=1S/C18H24N4O4S/c1-27(24,25)22-10-8-18(23)7-9-21(11-15(18)12-22)13-16-19-20-17(26-16)14-5-3-2-4-6-14/h2-6,15,23H,7-13H2,1H3. The van der Waals surface area contributed by atoms with Crippen molar-refractivity contribution >= 4 is 10.0 Å². The first kappa shape index (κ1) is 18.5. The van der Waals surface area contributed by atoms with Crippen LogP contribution in [0.15, 0.2) is 34.7 Å². The van der Waals surface area contributed by atoms with Crippen LogP contribution in [0, 0.1) is 5.92 Å². The van der Waals surface area contributed by atoms with Crippen molar-refractivity contribution in [2.45, 2.75) is 25.0 Å². The zero-order valence-electron chi connectivity index (χ0n) is 15.3.